The lowest BCUT2D eigenvalue weighted by molar-refractivity contribution is -0.122. The van der Waals surface area contributed by atoms with E-state index in [0.717, 1.165) is 36.3 Å². The van der Waals surface area contributed by atoms with Crippen LogP contribution in [-0.2, 0) is 11.2 Å². The minimum absolute atomic E-state index is 0.227. The molecule has 0 saturated carbocycles. The molecule has 0 aliphatic heterocycles. The first kappa shape index (κ1) is 14.2. The lowest BCUT2D eigenvalue weighted by atomic mass is 9.91. The molecule has 17 heavy (non-hydrogen) atoms. The molecule has 1 nitrogen and oxygen atoms in total. The topological polar surface area (TPSA) is 17.1 Å². The highest BCUT2D eigenvalue weighted by Gasteiger charge is 2.15. The van der Waals surface area contributed by atoms with Gasteiger partial charge in [-0.3, -0.25) is 4.79 Å². The zero-order chi connectivity index (χ0) is 12.7. The van der Waals surface area contributed by atoms with Crippen LogP contribution in [-0.4, -0.2) is 5.78 Å². The molecular formula is C15H21ClO. The van der Waals surface area contributed by atoms with Crippen LogP contribution < -0.4 is 0 Å². The predicted molar refractivity (Wildman–Crippen MR) is 73.5 cm³/mol. The van der Waals surface area contributed by atoms with Crippen LogP contribution in [0.5, 0.6) is 0 Å². The molecule has 0 amide bonds. The van der Waals surface area contributed by atoms with E-state index in [1.807, 2.05) is 24.3 Å². The maximum atomic E-state index is 12.1. The number of Topliss-reactive ketones (excluding diaryl/α,β-unsaturated/α-hetero) is 1. The van der Waals surface area contributed by atoms with Gasteiger partial charge in [-0.25, -0.2) is 0 Å². The minimum atomic E-state index is 0.227. The van der Waals surface area contributed by atoms with Gasteiger partial charge in [-0.05, 0) is 30.5 Å². The van der Waals surface area contributed by atoms with Crippen molar-refractivity contribution in [1.29, 1.82) is 0 Å². The summed E-state index contributed by atoms with van der Waals surface area (Å²) in [6, 6.07) is 7.56. The fourth-order valence-electron chi connectivity index (χ4n) is 1.99. The zero-order valence-corrected chi connectivity index (χ0v) is 11.5. The van der Waals surface area contributed by atoms with Crippen molar-refractivity contribution in [2.75, 3.05) is 0 Å². The van der Waals surface area contributed by atoms with E-state index in [0.29, 0.717) is 12.2 Å². The Bertz CT molecular complexity index is 342. The largest absolute Gasteiger partial charge is 0.299 e. The van der Waals surface area contributed by atoms with E-state index in [2.05, 4.69) is 13.8 Å². The maximum Gasteiger partial charge on any atom is 0.140 e. The van der Waals surface area contributed by atoms with Crippen LogP contribution in [0.1, 0.15) is 45.1 Å². The summed E-state index contributed by atoms with van der Waals surface area (Å²) in [7, 11) is 0. The standard InChI is InChI=1S/C15H21ClO/c1-3-5-6-13(4-2)15(17)11-12-7-9-14(16)10-8-12/h7-10,13H,3-6,11H2,1-2H3. The van der Waals surface area contributed by atoms with Crippen LogP contribution in [0.2, 0.25) is 5.02 Å². The third kappa shape index (κ3) is 4.91. The fraction of sp³-hybridized carbons (Fsp3) is 0.533. The van der Waals surface area contributed by atoms with E-state index in [4.69, 9.17) is 11.6 Å². The van der Waals surface area contributed by atoms with E-state index < -0.39 is 0 Å². The van der Waals surface area contributed by atoms with Gasteiger partial charge in [-0.1, -0.05) is 50.4 Å². The molecule has 0 aliphatic carbocycles. The molecule has 0 fully saturated rings. The molecule has 1 unspecified atom stereocenters. The normalized spacial score (nSPS) is 12.4. The molecule has 0 saturated heterocycles. The van der Waals surface area contributed by atoms with Crippen molar-refractivity contribution < 1.29 is 4.79 Å². The van der Waals surface area contributed by atoms with Crippen LogP contribution in [0.3, 0.4) is 0 Å². The second-order valence-corrected chi connectivity index (χ2v) is 4.95. The molecule has 0 radical (unpaired) electrons. The monoisotopic (exact) mass is 252 g/mol. The summed E-state index contributed by atoms with van der Waals surface area (Å²) in [5.74, 6) is 0.592. The van der Waals surface area contributed by atoms with E-state index in [1.165, 1.54) is 0 Å². The van der Waals surface area contributed by atoms with E-state index in [9.17, 15) is 4.79 Å². The average molecular weight is 253 g/mol. The summed E-state index contributed by atoms with van der Waals surface area (Å²) < 4.78 is 0. The molecule has 0 heterocycles. The highest BCUT2D eigenvalue weighted by Crippen LogP contribution is 2.17. The number of unbranched alkanes of at least 4 members (excludes halogenated alkanes) is 1. The Morgan fingerprint density at radius 2 is 1.88 bits per heavy atom. The quantitative estimate of drug-likeness (QED) is 0.689. The molecule has 0 N–H and O–H groups in total. The number of halogens is 1. The summed E-state index contributed by atoms with van der Waals surface area (Å²) in [4.78, 5) is 12.1. The van der Waals surface area contributed by atoms with E-state index in [-0.39, 0.29) is 5.92 Å². The Hall–Kier alpha value is -0.820. The first-order valence-electron chi connectivity index (χ1n) is 6.44. The van der Waals surface area contributed by atoms with Gasteiger partial charge in [-0.15, -0.1) is 0 Å². The van der Waals surface area contributed by atoms with Gasteiger partial charge in [0.25, 0.3) is 0 Å². The molecule has 1 aromatic carbocycles. The molecule has 0 bridgehead atoms. The molecule has 2 heteroatoms. The number of carbonyl (C=O) groups excluding carboxylic acids is 1. The van der Waals surface area contributed by atoms with Crippen LogP contribution >= 0.6 is 11.6 Å². The van der Waals surface area contributed by atoms with Crippen molar-refractivity contribution in [2.45, 2.75) is 46.0 Å². The minimum Gasteiger partial charge on any atom is -0.299 e. The second kappa shape index (κ2) is 7.50. The Morgan fingerprint density at radius 1 is 1.24 bits per heavy atom. The third-order valence-electron chi connectivity index (χ3n) is 3.15. The Labute approximate surface area is 109 Å². The highest BCUT2D eigenvalue weighted by molar-refractivity contribution is 6.30. The van der Waals surface area contributed by atoms with Crippen molar-refractivity contribution in [3.05, 3.63) is 34.9 Å². The smallest absolute Gasteiger partial charge is 0.140 e. The second-order valence-electron chi connectivity index (χ2n) is 4.52. The van der Waals surface area contributed by atoms with Crippen LogP contribution in [0.4, 0.5) is 0 Å². The number of hydrogen-bond acceptors (Lipinski definition) is 1. The summed E-state index contributed by atoms with van der Waals surface area (Å²) >= 11 is 5.82. The van der Waals surface area contributed by atoms with Gasteiger partial charge in [0.15, 0.2) is 0 Å². The highest BCUT2D eigenvalue weighted by atomic mass is 35.5. The summed E-state index contributed by atoms with van der Waals surface area (Å²) in [5.41, 5.74) is 1.06. The molecule has 1 aromatic rings. The number of benzene rings is 1. The van der Waals surface area contributed by atoms with Crippen LogP contribution in [0.15, 0.2) is 24.3 Å². The molecule has 94 valence electrons. The van der Waals surface area contributed by atoms with Crippen molar-refractivity contribution in [3.8, 4) is 0 Å². The van der Waals surface area contributed by atoms with E-state index >= 15 is 0 Å². The SMILES string of the molecule is CCCCC(CC)C(=O)Cc1ccc(Cl)cc1. The number of ketones is 1. The van der Waals surface area contributed by atoms with E-state index in [1.54, 1.807) is 0 Å². The number of rotatable bonds is 7. The lowest BCUT2D eigenvalue weighted by Crippen LogP contribution is -2.16. The van der Waals surface area contributed by atoms with Gasteiger partial charge in [0.1, 0.15) is 5.78 Å². The molecule has 1 rings (SSSR count). The summed E-state index contributed by atoms with van der Waals surface area (Å²) in [5, 5.41) is 0.722. The molecule has 0 spiro atoms. The van der Waals surface area contributed by atoms with Crippen LogP contribution in [0, 0.1) is 5.92 Å². The molecule has 1 atom stereocenters. The van der Waals surface area contributed by atoms with Gasteiger partial charge < -0.3 is 0 Å². The molecular weight excluding hydrogens is 232 g/mol. The van der Waals surface area contributed by atoms with Crippen molar-refractivity contribution >= 4 is 17.4 Å². The van der Waals surface area contributed by atoms with Crippen LogP contribution in [0.25, 0.3) is 0 Å². The average Bonchev–Trinajstić information content (AvgIpc) is 2.33. The van der Waals surface area contributed by atoms with Gasteiger partial charge in [-0.2, -0.15) is 0 Å². The van der Waals surface area contributed by atoms with Crippen molar-refractivity contribution in [3.63, 3.8) is 0 Å². The Balaban J connectivity index is 2.54. The first-order valence-corrected chi connectivity index (χ1v) is 6.82. The molecule has 0 aliphatic rings. The number of carbonyl (C=O) groups is 1. The Morgan fingerprint density at radius 3 is 2.41 bits per heavy atom. The lowest BCUT2D eigenvalue weighted by Gasteiger charge is -2.13. The maximum absolute atomic E-state index is 12.1. The van der Waals surface area contributed by atoms with Crippen molar-refractivity contribution in [2.24, 2.45) is 5.92 Å². The fourth-order valence-corrected chi connectivity index (χ4v) is 2.12. The third-order valence-corrected chi connectivity index (χ3v) is 3.40. The zero-order valence-electron chi connectivity index (χ0n) is 10.7. The number of hydrogen-bond donors (Lipinski definition) is 0. The van der Waals surface area contributed by atoms with Gasteiger partial charge in [0.2, 0.25) is 0 Å². The summed E-state index contributed by atoms with van der Waals surface area (Å²) in [6.45, 7) is 4.26. The summed E-state index contributed by atoms with van der Waals surface area (Å²) in [6.07, 6.45) is 4.82. The van der Waals surface area contributed by atoms with Gasteiger partial charge in [0.05, 0.1) is 0 Å². The van der Waals surface area contributed by atoms with Crippen molar-refractivity contribution in [1.82, 2.24) is 0 Å². The molecule has 0 aromatic heterocycles. The predicted octanol–water partition coefficient (Wildman–Crippen LogP) is 4.67. The van der Waals surface area contributed by atoms with Gasteiger partial charge >= 0.3 is 0 Å². The van der Waals surface area contributed by atoms with Gasteiger partial charge in [0, 0.05) is 17.4 Å². The Kier molecular flexibility index (Phi) is 6.28. The first-order chi connectivity index (χ1) is 8.17.